The first-order valence-corrected chi connectivity index (χ1v) is 9.57. The van der Waals surface area contributed by atoms with Gasteiger partial charge in [0.25, 0.3) is 0 Å². The topological polar surface area (TPSA) is 160 Å². The molecule has 0 saturated carbocycles. The Bertz CT molecular complexity index is 1150. The van der Waals surface area contributed by atoms with E-state index < -0.39 is 12.0 Å². The van der Waals surface area contributed by atoms with Gasteiger partial charge in [0.2, 0.25) is 5.91 Å². The minimum absolute atomic E-state index is 0.0190. The van der Waals surface area contributed by atoms with E-state index in [0.717, 1.165) is 16.5 Å². The van der Waals surface area contributed by atoms with Crippen molar-refractivity contribution in [2.45, 2.75) is 26.1 Å². The van der Waals surface area contributed by atoms with Crippen LogP contribution in [0.3, 0.4) is 0 Å². The maximum atomic E-state index is 12.4. The maximum Gasteiger partial charge on any atom is 0.328 e. The van der Waals surface area contributed by atoms with Gasteiger partial charge < -0.3 is 26.1 Å². The van der Waals surface area contributed by atoms with Gasteiger partial charge in [0, 0.05) is 28.2 Å². The zero-order valence-corrected chi connectivity index (χ0v) is 17.0. The fourth-order valence-electron chi connectivity index (χ4n) is 3.07. The highest BCUT2D eigenvalue weighted by atomic mass is 16.5. The number of carbonyl (C=O) groups excluding carboxylic acids is 2. The molecule has 1 aromatic heterocycles. The number of esters is 1. The summed E-state index contributed by atoms with van der Waals surface area (Å²) < 4.78 is 7.01. The number of nitrogens with one attached hydrogen (secondary N) is 3. The number of benzene rings is 2. The Balaban J connectivity index is 1.54. The molecule has 0 radical (unpaired) electrons. The quantitative estimate of drug-likeness (QED) is 0.211. The van der Waals surface area contributed by atoms with Gasteiger partial charge in [-0.05, 0) is 36.8 Å². The number of nitrogens with two attached hydrogens (primary N) is 2. The smallest absolute Gasteiger partial charge is 0.328 e. The number of hydrogen-bond acceptors (Lipinski definition) is 5. The first-order chi connectivity index (χ1) is 14.7. The second kappa shape index (κ2) is 9.12. The normalized spacial score (nSPS) is 11.6. The molecular weight excluding hydrogens is 396 g/mol. The first kappa shape index (κ1) is 21.6. The van der Waals surface area contributed by atoms with Crippen LogP contribution < -0.4 is 16.8 Å². The second-order valence-electron chi connectivity index (χ2n) is 7.14. The summed E-state index contributed by atoms with van der Waals surface area (Å²) in [4.78, 5) is 24.6. The number of ether oxygens (including phenoxy) is 1. The van der Waals surface area contributed by atoms with Crippen molar-refractivity contribution in [3.05, 3.63) is 71.4 Å². The van der Waals surface area contributed by atoms with Crippen LogP contribution >= 0.6 is 0 Å². The molecule has 0 bridgehead atoms. The summed E-state index contributed by atoms with van der Waals surface area (Å²) in [6.07, 6.45) is 1.77. The highest BCUT2D eigenvalue weighted by molar-refractivity contribution is 5.99. The van der Waals surface area contributed by atoms with Gasteiger partial charge in [-0.3, -0.25) is 15.6 Å². The van der Waals surface area contributed by atoms with E-state index in [0.29, 0.717) is 11.1 Å². The summed E-state index contributed by atoms with van der Waals surface area (Å²) in [5, 5.41) is 18.4. The summed E-state index contributed by atoms with van der Waals surface area (Å²) in [7, 11) is 0. The van der Waals surface area contributed by atoms with Gasteiger partial charge in [-0.15, -0.1) is 0 Å². The number of carbonyl (C=O) groups is 2. The Kier molecular flexibility index (Phi) is 6.35. The fourth-order valence-corrected chi connectivity index (χ4v) is 3.07. The molecule has 0 aliphatic rings. The van der Waals surface area contributed by atoms with Gasteiger partial charge in [0.15, 0.2) is 0 Å². The number of hydrogen-bond donors (Lipinski definition) is 5. The van der Waals surface area contributed by atoms with Crippen LogP contribution in [0.5, 0.6) is 0 Å². The third-order valence-electron chi connectivity index (χ3n) is 4.77. The van der Waals surface area contributed by atoms with Crippen molar-refractivity contribution in [3.8, 4) is 0 Å². The van der Waals surface area contributed by atoms with Gasteiger partial charge in [-0.1, -0.05) is 24.3 Å². The van der Waals surface area contributed by atoms with E-state index in [-0.39, 0.29) is 30.7 Å². The maximum absolute atomic E-state index is 12.4. The van der Waals surface area contributed by atoms with Crippen LogP contribution in [-0.2, 0) is 27.5 Å². The standard InChI is InChI=1S/C22H24N6O3/c1-13(22(30)31-12-14-2-4-15(5-3-14)20(23)24)27-19(29)11-28-9-8-16-10-17(21(25)26)6-7-18(16)28/h2-10,13H,11-12H2,1H3,(H3,23,24)(H3,25,26)(H,27,29). The average molecular weight is 420 g/mol. The molecule has 7 N–H and O–H groups in total. The van der Waals surface area contributed by atoms with E-state index in [1.807, 2.05) is 6.07 Å². The van der Waals surface area contributed by atoms with Crippen molar-refractivity contribution in [3.63, 3.8) is 0 Å². The summed E-state index contributed by atoms with van der Waals surface area (Å²) in [5.41, 5.74) is 13.7. The van der Waals surface area contributed by atoms with Crippen molar-refractivity contribution in [2.75, 3.05) is 0 Å². The van der Waals surface area contributed by atoms with Crippen molar-refractivity contribution in [2.24, 2.45) is 11.5 Å². The second-order valence-corrected chi connectivity index (χ2v) is 7.14. The molecule has 9 nitrogen and oxygen atoms in total. The Hall–Kier alpha value is -4.14. The van der Waals surface area contributed by atoms with Gasteiger partial charge in [-0.2, -0.15) is 0 Å². The fraction of sp³-hybridized carbons (Fsp3) is 0.182. The first-order valence-electron chi connectivity index (χ1n) is 9.57. The van der Waals surface area contributed by atoms with E-state index in [2.05, 4.69) is 5.32 Å². The van der Waals surface area contributed by atoms with Crippen LogP contribution in [0.15, 0.2) is 54.7 Å². The zero-order valence-electron chi connectivity index (χ0n) is 17.0. The molecule has 1 unspecified atom stereocenters. The van der Waals surface area contributed by atoms with Crippen LogP contribution in [0.1, 0.15) is 23.6 Å². The van der Waals surface area contributed by atoms with Crippen LogP contribution in [0.2, 0.25) is 0 Å². The molecule has 0 aliphatic heterocycles. The minimum Gasteiger partial charge on any atom is -0.459 e. The number of amides is 1. The number of fused-ring (bicyclic) bond motifs is 1. The largest absolute Gasteiger partial charge is 0.459 e. The van der Waals surface area contributed by atoms with E-state index >= 15 is 0 Å². The summed E-state index contributed by atoms with van der Waals surface area (Å²) in [5.74, 6) is -0.931. The molecular formula is C22H24N6O3. The molecule has 0 saturated heterocycles. The SMILES string of the molecule is CC(NC(=O)Cn1ccc2cc(C(=N)N)ccc21)C(=O)OCc1ccc(C(=N)N)cc1. The molecule has 0 spiro atoms. The highest BCUT2D eigenvalue weighted by Gasteiger charge is 2.18. The van der Waals surface area contributed by atoms with E-state index in [1.165, 1.54) is 0 Å². The Morgan fingerprint density at radius 1 is 1.03 bits per heavy atom. The van der Waals surface area contributed by atoms with Crippen LogP contribution in [-0.4, -0.2) is 34.2 Å². The summed E-state index contributed by atoms with van der Waals surface area (Å²) >= 11 is 0. The Morgan fingerprint density at radius 2 is 1.68 bits per heavy atom. The molecule has 0 fully saturated rings. The van der Waals surface area contributed by atoms with Crippen molar-refractivity contribution >= 4 is 34.5 Å². The molecule has 2 aromatic carbocycles. The zero-order chi connectivity index (χ0) is 22.5. The number of aromatic nitrogens is 1. The summed E-state index contributed by atoms with van der Waals surface area (Å²) in [6.45, 7) is 1.65. The third kappa shape index (κ3) is 5.27. The molecule has 0 aliphatic carbocycles. The lowest BCUT2D eigenvalue weighted by Gasteiger charge is -2.14. The predicted octanol–water partition coefficient (Wildman–Crippen LogP) is 1.46. The number of rotatable bonds is 8. The van der Waals surface area contributed by atoms with E-state index in [9.17, 15) is 9.59 Å². The van der Waals surface area contributed by atoms with Crippen LogP contribution in [0, 0.1) is 10.8 Å². The van der Waals surface area contributed by atoms with E-state index in [4.69, 9.17) is 27.0 Å². The highest BCUT2D eigenvalue weighted by Crippen LogP contribution is 2.17. The Morgan fingerprint density at radius 3 is 2.32 bits per heavy atom. The average Bonchev–Trinajstić information content (AvgIpc) is 3.13. The van der Waals surface area contributed by atoms with Crippen molar-refractivity contribution < 1.29 is 14.3 Å². The third-order valence-corrected chi connectivity index (χ3v) is 4.77. The molecule has 160 valence electrons. The van der Waals surface area contributed by atoms with Gasteiger partial charge in [0.1, 0.15) is 30.9 Å². The minimum atomic E-state index is -0.810. The molecule has 1 amide bonds. The molecule has 3 aromatic rings. The Labute approximate surface area is 179 Å². The van der Waals surface area contributed by atoms with Gasteiger partial charge in [0.05, 0.1) is 0 Å². The van der Waals surface area contributed by atoms with Crippen molar-refractivity contribution in [1.29, 1.82) is 10.8 Å². The molecule has 1 atom stereocenters. The van der Waals surface area contributed by atoms with Gasteiger partial charge >= 0.3 is 5.97 Å². The molecule has 9 heteroatoms. The van der Waals surface area contributed by atoms with Gasteiger partial charge in [-0.25, -0.2) is 4.79 Å². The monoisotopic (exact) mass is 420 g/mol. The molecule has 3 rings (SSSR count). The summed E-state index contributed by atoms with van der Waals surface area (Å²) in [6, 6.07) is 13.1. The van der Waals surface area contributed by atoms with E-state index in [1.54, 1.807) is 60.2 Å². The number of amidine groups is 2. The number of nitrogens with zero attached hydrogens (tertiary/aromatic N) is 1. The lowest BCUT2D eigenvalue weighted by molar-refractivity contribution is -0.148. The number of nitrogen functional groups attached to an aromatic ring is 2. The molecule has 31 heavy (non-hydrogen) atoms. The lowest BCUT2D eigenvalue weighted by Crippen LogP contribution is -2.41. The molecule has 1 heterocycles. The van der Waals surface area contributed by atoms with Crippen molar-refractivity contribution in [1.82, 2.24) is 9.88 Å². The predicted molar refractivity (Wildman–Crippen MR) is 118 cm³/mol. The van der Waals surface area contributed by atoms with Crippen LogP contribution in [0.25, 0.3) is 10.9 Å². The lowest BCUT2D eigenvalue weighted by atomic mass is 10.1. The van der Waals surface area contributed by atoms with Crippen LogP contribution in [0.4, 0.5) is 0 Å².